The quantitative estimate of drug-likeness (QED) is 0.263. The first-order chi connectivity index (χ1) is 20.2. The van der Waals surface area contributed by atoms with Gasteiger partial charge in [0.2, 0.25) is 5.91 Å². The van der Waals surface area contributed by atoms with Crippen molar-refractivity contribution in [2.45, 2.75) is 38.3 Å². The van der Waals surface area contributed by atoms with Crippen LogP contribution in [0.5, 0.6) is 0 Å². The number of amides is 1. The van der Waals surface area contributed by atoms with E-state index in [1.165, 1.54) is 0 Å². The summed E-state index contributed by atoms with van der Waals surface area (Å²) < 4.78 is 0. The lowest BCUT2D eigenvalue weighted by molar-refractivity contribution is -0.121. The van der Waals surface area contributed by atoms with E-state index >= 15 is 0 Å². The van der Waals surface area contributed by atoms with Gasteiger partial charge in [0.15, 0.2) is 11.6 Å². The van der Waals surface area contributed by atoms with Crippen molar-refractivity contribution >= 4 is 46.0 Å². The number of aryl methyl sites for hydroxylation is 2. The summed E-state index contributed by atoms with van der Waals surface area (Å²) >= 11 is 6.63. The van der Waals surface area contributed by atoms with Crippen LogP contribution in [0.4, 0.5) is 11.4 Å². The summed E-state index contributed by atoms with van der Waals surface area (Å²) in [5.41, 5.74) is 5.72. The van der Waals surface area contributed by atoms with Gasteiger partial charge in [-0.3, -0.25) is 14.4 Å². The number of Topliss-reactive ketones (excluding diaryl/α,β-unsaturated/α-hetero) is 2. The number of anilines is 2. The average Bonchev–Trinajstić information content (AvgIpc) is 3.45. The number of rotatable bonds is 4. The molecule has 5 nitrogen and oxygen atoms in total. The minimum Gasteiger partial charge on any atom is -0.352 e. The first-order valence-corrected chi connectivity index (χ1v) is 14.5. The Balaban J connectivity index is 1.57. The van der Waals surface area contributed by atoms with Gasteiger partial charge in [0.25, 0.3) is 0 Å². The van der Waals surface area contributed by atoms with Crippen LogP contribution in [0.1, 0.15) is 49.9 Å². The van der Waals surface area contributed by atoms with Gasteiger partial charge in [0.05, 0.1) is 17.0 Å². The van der Waals surface area contributed by atoms with E-state index in [0.29, 0.717) is 27.4 Å². The van der Waals surface area contributed by atoms with Crippen molar-refractivity contribution in [3.8, 4) is 0 Å². The highest BCUT2D eigenvalue weighted by Gasteiger charge is 2.70. The predicted octanol–water partition coefficient (Wildman–Crippen LogP) is 7.20. The van der Waals surface area contributed by atoms with Crippen LogP contribution in [0, 0.1) is 19.8 Å². The minimum atomic E-state index is -1.37. The summed E-state index contributed by atoms with van der Waals surface area (Å²) in [6.07, 6.45) is 2.07. The van der Waals surface area contributed by atoms with E-state index in [9.17, 15) is 14.4 Å². The third-order valence-corrected chi connectivity index (χ3v) is 9.49. The molecule has 0 aliphatic carbocycles. The van der Waals surface area contributed by atoms with Gasteiger partial charge in [0.1, 0.15) is 11.5 Å². The number of carbonyl (C=O) groups excluding carboxylic acids is 3. The predicted molar refractivity (Wildman–Crippen MR) is 166 cm³/mol. The fourth-order valence-corrected chi connectivity index (χ4v) is 7.49. The maximum Gasteiger partial charge on any atom is 0.238 e. The molecule has 42 heavy (non-hydrogen) atoms. The zero-order valence-electron chi connectivity index (χ0n) is 23.5. The minimum absolute atomic E-state index is 0.209. The fraction of sp³-hybridized carbons (Fsp3) is 0.194. The van der Waals surface area contributed by atoms with E-state index in [2.05, 4.69) is 17.5 Å². The molecule has 0 bridgehead atoms. The summed E-state index contributed by atoms with van der Waals surface area (Å²) in [6, 6.07) is 26.4. The standard InChI is InChI=1S/C36H29ClN2O3/c1-20-12-15-23(16-13-20)33(40)32-31(34(41)24-8-4-6-10-27(24)37)36(26-9-5-7-11-28(26)38-35(36)42)30-19-22(3)25-18-21(2)14-17-29(25)39(30)32/h4-19,30-32H,1-3H3,(H,38,42)/t30-,31+,32-,36-/m0/s1. The number of nitrogens with zero attached hydrogens (tertiary/aromatic N) is 1. The van der Waals surface area contributed by atoms with E-state index in [4.69, 9.17) is 11.6 Å². The average molecular weight is 573 g/mol. The van der Waals surface area contributed by atoms with Gasteiger partial charge in [-0.1, -0.05) is 89.5 Å². The van der Waals surface area contributed by atoms with Crippen molar-refractivity contribution in [1.82, 2.24) is 0 Å². The molecule has 7 rings (SSSR count). The second kappa shape index (κ2) is 9.53. The Morgan fingerprint density at radius 1 is 0.833 bits per heavy atom. The maximum absolute atomic E-state index is 14.9. The van der Waals surface area contributed by atoms with Crippen molar-refractivity contribution in [2.75, 3.05) is 10.2 Å². The Kier molecular flexibility index (Phi) is 6.00. The highest BCUT2D eigenvalue weighted by Crippen LogP contribution is 2.59. The van der Waals surface area contributed by atoms with Crippen LogP contribution in [0.15, 0.2) is 97.1 Å². The molecular formula is C36H29ClN2O3. The van der Waals surface area contributed by atoms with Crippen LogP contribution >= 0.6 is 11.6 Å². The van der Waals surface area contributed by atoms with Gasteiger partial charge in [0, 0.05) is 28.1 Å². The lowest BCUT2D eigenvalue weighted by Gasteiger charge is -2.39. The number of hydrogen-bond acceptors (Lipinski definition) is 4. The number of allylic oxidation sites excluding steroid dienone is 1. The largest absolute Gasteiger partial charge is 0.352 e. The summed E-state index contributed by atoms with van der Waals surface area (Å²) in [7, 11) is 0. The number of fused-ring (bicyclic) bond motifs is 6. The SMILES string of the molecule is CC1=C[C@@H]2N(c3ccc(C)cc31)[C@H](C(=O)c1ccc(C)cc1)[C@H](C(=O)c1ccccc1Cl)[C@@]21C(=O)Nc2ccccc21. The van der Waals surface area contributed by atoms with Crippen LogP contribution in [-0.4, -0.2) is 29.6 Å². The smallest absolute Gasteiger partial charge is 0.238 e. The van der Waals surface area contributed by atoms with Crippen molar-refractivity contribution < 1.29 is 14.4 Å². The molecule has 3 aliphatic heterocycles. The first-order valence-electron chi connectivity index (χ1n) is 14.1. The Hall–Kier alpha value is -4.48. The molecule has 6 heteroatoms. The van der Waals surface area contributed by atoms with E-state index in [1.54, 1.807) is 36.4 Å². The number of carbonyl (C=O) groups is 3. The van der Waals surface area contributed by atoms with Crippen molar-refractivity contribution in [3.63, 3.8) is 0 Å². The van der Waals surface area contributed by atoms with Crippen LogP contribution in [0.25, 0.3) is 5.57 Å². The molecule has 1 N–H and O–H groups in total. The monoisotopic (exact) mass is 572 g/mol. The second-order valence-corrected chi connectivity index (χ2v) is 12.0. The van der Waals surface area contributed by atoms with Crippen molar-refractivity contribution in [3.05, 3.63) is 135 Å². The molecule has 1 saturated heterocycles. The molecule has 208 valence electrons. The Morgan fingerprint density at radius 2 is 1.52 bits per heavy atom. The lowest BCUT2D eigenvalue weighted by atomic mass is 9.64. The third kappa shape index (κ3) is 3.59. The van der Waals surface area contributed by atoms with Crippen LogP contribution in [-0.2, 0) is 10.2 Å². The molecule has 0 radical (unpaired) electrons. The fourth-order valence-electron chi connectivity index (χ4n) is 7.26. The van der Waals surface area contributed by atoms with Gasteiger partial charge in [-0.25, -0.2) is 0 Å². The Morgan fingerprint density at radius 3 is 2.29 bits per heavy atom. The second-order valence-electron chi connectivity index (χ2n) is 11.6. The van der Waals surface area contributed by atoms with E-state index in [0.717, 1.165) is 28.0 Å². The van der Waals surface area contributed by atoms with Crippen LogP contribution < -0.4 is 10.2 Å². The van der Waals surface area contributed by atoms with Crippen molar-refractivity contribution in [2.24, 2.45) is 5.92 Å². The van der Waals surface area contributed by atoms with E-state index in [-0.39, 0.29) is 17.5 Å². The van der Waals surface area contributed by atoms with E-state index < -0.39 is 23.4 Å². The number of ketones is 2. The van der Waals surface area contributed by atoms with E-state index in [1.807, 2.05) is 74.2 Å². The number of halogens is 1. The summed E-state index contributed by atoms with van der Waals surface area (Å²) in [6.45, 7) is 6.03. The molecule has 0 aromatic heterocycles. The molecule has 4 aromatic rings. The third-order valence-electron chi connectivity index (χ3n) is 9.16. The molecule has 3 aliphatic rings. The van der Waals surface area contributed by atoms with Crippen molar-refractivity contribution in [1.29, 1.82) is 0 Å². The Bertz CT molecular complexity index is 1840. The number of benzene rings is 4. The number of para-hydroxylation sites is 1. The van der Waals surface area contributed by atoms with Gasteiger partial charge in [-0.15, -0.1) is 0 Å². The van der Waals surface area contributed by atoms with Gasteiger partial charge in [-0.2, -0.15) is 0 Å². The summed E-state index contributed by atoms with van der Waals surface area (Å²) in [5.74, 6) is -1.88. The van der Waals surface area contributed by atoms with Crippen LogP contribution in [0.2, 0.25) is 5.02 Å². The van der Waals surface area contributed by atoms with Gasteiger partial charge < -0.3 is 10.2 Å². The molecule has 1 fully saturated rings. The highest BCUT2D eigenvalue weighted by molar-refractivity contribution is 6.34. The van der Waals surface area contributed by atoms with Gasteiger partial charge >= 0.3 is 0 Å². The van der Waals surface area contributed by atoms with Gasteiger partial charge in [-0.05, 0) is 62.2 Å². The summed E-state index contributed by atoms with van der Waals surface area (Å²) in [5, 5.41) is 3.37. The molecular weight excluding hydrogens is 544 g/mol. The number of nitrogens with one attached hydrogen (secondary N) is 1. The lowest BCUT2D eigenvalue weighted by Crippen LogP contribution is -2.51. The molecule has 1 amide bonds. The Labute approximate surface area is 249 Å². The molecule has 1 spiro atoms. The molecule has 4 aromatic carbocycles. The zero-order valence-corrected chi connectivity index (χ0v) is 24.3. The molecule has 4 atom stereocenters. The topological polar surface area (TPSA) is 66.5 Å². The maximum atomic E-state index is 14.9. The first kappa shape index (κ1) is 26.4. The highest BCUT2D eigenvalue weighted by atomic mass is 35.5. The normalized spacial score (nSPS) is 23.6. The summed E-state index contributed by atoms with van der Waals surface area (Å²) in [4.78, 5) is 46.2. The molecule has 0 unspecified atom stereocenters. The molecule has 0 saturated carbocycles. The van der Waals surface area contributed by atoms with Crippen LogP contribution in [0.3, 0.4) is 0 Å². The zero-order chi connectivity index (χ0) is 29.3. The number of hydrogen-bond donors (Lipinski definition) is 1. The molecule has 3 heterocycles.